The minimum absolute atomic E-state index is 0.0559. The molecule has 35 heavy (non-hydrogen) atoms. The molecule has 2 aromatic heterocycles. The van der Waals surface area contributed by atoms with Crippen LogP contribution in [0.3, 0.4) is 0 Å². The van der Waals surface area contributed by atoms with Crippen LogP contribution in [0, 0.1) is 17.6 Å². The van der Waals surface area contributed by atoms with Crippen molar-refractivity contribution in [1.82, 2.24) is 19.7 Å². The SMILES string of the molecule is NS(=O)(=O)OC[C@H]1C[C@@H](Nc2ncncc2C(=O)c2ccn(Cc3cc(F)cc(F)c3)n2)C[C@@H]1O. The van der Waals surface area contributed by atoms with Gasteiger partial charge in [-0.15, -0.1) is 0 Å². The number of anilines is 1. The number of benzene rings is 1. The predicted octanol–water partition coefficient (Wildman–Crippen LogP) is 1.00. The molecule has 1 aromatic carbocycles. The van der Waals surface area contributed by atoms with Crippen molar-refractivity contribution in [1.29, 1.82) is 0 Å². The number of hydrogen-bond acceptors (Lipinski definition) is 9. The number of carbonyl (C=O) groups is 1. The van der Waals surface area contributed by atoms with Crippen LogP contribution in [0.2, 0.25) is 0 Å². The number of aliphatic hydroxyl groups is 1. The molecule has 0 unspecified atom stereocenters. The van der Waals surface area contributed by atoms with Gasteiger partial charge >= 0.3 is 10.3 Å². The summed E-state index contributed by atoms with van der Waals surface area (Å²) in [5.41, 5.74) is 0.551. The summed E-state index contributed by atoms with van der Waals surface area (Å²) in [4.78, 5) is 21.1. The largest absolute Gasteiger partial charge is 0.393 e. The van der Waals surface area contributed by atoms with Crippen molar-refractivity contribution >= 4 is 21.9 Å². The van der Waals surface area contributed by atoms with Gasteiger partial charge in [-0.25, -0.2) is 23.9 Å². The number of aliphatic hydroxyl groups excluding tert-OH is 1. The zero-order chi connectivity index (χ0) is 25.2. The van der Waals surface area contributed by atoms with Gasteiger partial charge in [0.2, 0.25) is 5.78 Å². The molecule has 186 valence electrons. The van der Waals surface area contributed by atoms with E-state index in [9.17, 15) is 27.1 Å². The Labute approximate surface area is 199 Å². The van der Waals surface area contributed by atoms with Crippen LogP contribution in [0.5, 0.6) is 0 Å². The maximum Gasteiger partial charge on any atom is 0.333 e. The van der Waals surface area contributed by atoms with Gasteiger partial charge in [0.05, 0.1) is 24.8 Å². The van der Waals surface area contributed by atoms with Crippen molar-refractivity contribution < 1.29 is 31.3 Å². The Morgan fingerprint density at radius 1 is 1.26 bits per heavy atom. The van der Waals surface area contributed by atoms with Gasteiger partial charge in [-0.3, -0.25) is 13.7 Å². The van der Waals surface area contributed by atoms with Crippen molar-refractivity contribution in [2.45, 2.75) is 31.5 Å². The summed E-state index contributed by atoms with van der Waals surface area (Å²) in [5, 5.41) is 22.4. The third-order valence-corrected chi connectivity index (χ3v) is 6.01. The lowest BCUT2D eigenvalue weighted by Gasteiger charge is -2.15. The predicted molar refractivity (Wildman–Crippen MR) is 118 cm³/mol. The normalized spacial score (nSPS) is 20.2. The highest BCUT2D eigenvalue weighted by Crippen LogP contribution is 2.30. The summed E-state index contributed by atoms with van der Waals surface area (Å²) < 4.78 is 54.9. The number of halogens is 2. The topological polar surface area (TPSA) is 162 Å². The molecular formula is C21H22F2N6O5S. The van der Waals surface area contributed by atoms with Crippen LogP contribution in [-0.2, 0) is 21.0 Å². The van der Waals surface area contributed by atoms with Gasteiger partial charge in [0.25, 0.3) is 0 Å². The highest BCUT2D eigenvalue weighted by atomic mass is 32.2. The summed E-state index contributed by atoms with van der Waals surface area (Å²) in [6.07, 6.45) is 3.88. The average Bonchev–Trinajstić information content (AvgIpc) is 3.37. The third kappa shape index (κ3) is 6.42. The average molecular weight is 509 g/mol. The van der Waals surface area contributed by atoms with Gasteiger partial charge in [-0.05, 0) is 36.6 Å². The molecule has 3 aromatic rings. The fourth-order valence-corrected chi connectivity index (χ4v) is 4.35. The number of nitrogens with zero attached hydrogens (tertiary/aromatic N) is 4. The number of aromatic nitrogens is 4. The highest BCUT2D eigenvalue weighted by Gasteiger charge is 2.34. The molecule has 0 radical (unpaired) electrons. The minimum atomic E-state index is -4.13. The van der Waals surface area contributed by atoms with Gasteiger partial charge in [0, 0.05) is 30.4 Å². The Morgan fingerprint density at radius 2 is 2.00 bits per heavy atom. The molecule has 4 rings (SSSR count). The van der Waals surface area contributed by atoms with E-state index in [1.54, 1.807) is 0 Å². The Kier molecular flexibility index (Phi) is 7.16. The van der Waals surface area contributed by atoms with E-state index >= 15 is 0 Å². The molecule has 0 amide bonds. The minimum Gasteiger partial charge on any atom is -0.393 e. The van der Waals surface area contributed by atoms with E-state index in [-0.39, 0.29) is 42.7 Å². The number of hydrogen-bond donors (Lipinski definition) is 3. The maximum absolute atomic E-state index is 13.4. The molecule has 1 aliphatic carbocycles. The molecular weight excluding hydrogens is 486 g/mol. The molecule has 2 heterocycles. The van der Waals surface area contributed by atoms with E-state index in [2.05, 4.69) is 24.6 Å². The van der Waals surface area contributed by atoms with E-state index in [1.807, 2.05) is 0 Å². The van der Waals surface area contributed by atoms with E-state index in [0.29, 0.717) is 12.0 Å². The molecule has 14 heteroatoms. The first kappa shape index (κ1) is 24.8. The monoisotopic (exact) mass is 508 g/mol. The van der Waals surface area contributed by atoms with E-state index in [4.69, 9.17) is 5.14 Å². The van der Waals surface area contributed by atoms with Crippen molar-refractivity contribution in [3.63, 3.8) is 0 Å². The molecule has 1 saturated carbocycles. The summed E-state index contributed by atoms with van der Waals surface area (Å²) in [6.45, 7) is -0.208. The summed E-state index contributed by atoms with van der Waals surface area (Å²) in [5.74, 6) is -2.16. The second kappa shape index (κ2) is 10.1. The molecule has 0 aliphatic heterocycles. The van der Waals surface area contributed by atoms with E-state index in [1.165, 1.54) is 41.6 Å². The van der Waals surface area contributed by atoms with Crippen LogP contribution in [0.15, 0.2) is 43.0 Å². The van der Waals surface area contributed by atoms with Crippen molar-refractivity contribution in [2.24, 2.45) is 11.1 Å². The van der Waals surface area contributed by atoms with Crippen LogP contribution in [0.25, 0.3) is 0 Å². The first-order valence-electron chi connectivity index (χ1n) is 10.5. The van der Waals surface area contributed by atoms with Crippen LogP contribution < -0.4 is 10.5 Å². The van der Waals surface area contributed by atoms with E-state index in [0.717, 1.165) is 6.07 Å². The summed E-state index contributed by atoms with van der Waals surface area (Å²) >= 11 is 0. The molecule has 1 aliphatic rings. The quantitative estimate of drug-likeness (QED) is 0.358. The van der Waals surface area contributed by atoms with Gasteiger partial charge in [-0.1, -0.05) is 0 Å². The van der Waals surface area contributed by atoms with Gasteiger partial charge in [0.15, 0.2) is 0 Å². The lowest BCUT2D eigenvalue weighted by atomic mass is 10.1. The molecule has 4 N–H and O–H groups in total. The molecule has 0 spiro atoms. The molecule has 0 bridgehead atoms. The van der Waals surface area contributed by atoms with E-state index < -0.39 is 39.7 Å². The smallest absolute Gasteiger partial charge is 0.333 e. The zero-order valence-corrected chi connectivity index (χ0v) is 19.0. The number of nitrogens with one attached hydrogen (secondary N) is 1. The van der Waals surface area contributed by atoms with Crippen molar-refractivity contribution in [3.8, 4) is 0 Å². The van der Waals surface area contributed by atoms with Crippen LogP contribution >= 0.6 is 0 Å². The van der Waals surface area contributed by atoms with Crippen molar-refractivity contribution in [3.05, 3.63) is 71.4 Å². The molecule has 1 fully saturated rings. The van der Waals surface area contributed by atoms with Crippen LogP contribution in [0.1, 0.15) is 34.5 Å². The van der Waals surface area contributed by atoms with Gasteiger partial charge in [0.1, 0.15) is 29.5 Å². The molecule has 11 nitrogen and oxygen atoms in total. The fourth-order valence-electron chi connectivity index (χ4n) is 3.98. The summed E-state index contributed by atoms with van der Waals surface area (Å²) in [7, 11) is -4.13. The first-order chi connectivity index (χ1) is 16.6. The first-order valence-corrected chi connectivity index (χ1v) is 12.0. The van der Waals surface area contributed by atoms with Gasteiger partial charge in [-0.2, -0.15) is 13.5 Å². The van der Waals surface area contributed by atoms with Crippen molar-refractivity contribution in [2.75, 3.05) is 11.9 Å². The van der Waals surface area contributed by atoms with Gasteiger partial charge < -0.3 is 10.4 Å². The third-order valence-electron chi connectivity index (χ3n) is 5.54. The molecule has 0 saturated heterocycles. The number of nitrogens with two attached hydrogens (primary N) is 1. The Hall–Kier alpha value is -3.33. The number of ketones is 1. The lowest BCUT2D eigenvalue weighted by Crippen LogP contribution is -2.24. The zero-order valence-electron chi connectivity index (χ0n) is 18.2. The lowest BCUT2D eigenvalue weighted by molar-refractivity contribution is 0.101. The second-order valence-corrected chi connectivity index (χ2v) is 9.43. The summed E-state index contributed by atoms with van der Waals surface area (Å²) in [6, 6.07) is 4.27. The van der Waals surface area contributed by atoms with Crippen LogP contribution in [0.4, 0.5) is 14.6 Å². The Balaban J connectivity index is 1.45. The standard InChI is InChI=1S/C21H22F2N6O5S/c22-14-3-12(4-15(23)6-14)9-29-2-1-18(28-29)20(31)17-8-25-11-26-21(17)27-16-5-13(19(30)7-16)10-34-35(24,32)33/h1-4,6,8,11,13,16,19,30H,5,7,9-10H2,(H2,24,32,33)(H,25,26,27)/t13-,16-,19+/m1/s1. The number of carbonyl (C=O) groups excluding carboxylic acids is 1. The Bertz CT molecular complexity index is 1310. The Morgan fingerprint density at radius 3 is 2.71 bits per heavy atom. The van der Waals surface area contributed by atoms with Crippen LogP contribution in [-0.4, -0.2) is 57.8 Å². The maximum atomic E-state index is 13.4. The molecule has 3 atom stereocenters. The number of rotatable bonds is 9. The fraction of sp³-hybridized carbons (Fsp3) is 0.333. The second-order valence-electron chi connectivity index (χ2n) is 8.21. The highest BCUT2D eigenvalue weighted by molar-refractivity contribution is 7.84.